The van der Waals surface area contributed by atoms with E-state index >= 15 is 0 Å². The molecule has 0 aromatic rings. The number of methoxy groups -OCH3 is 1. The molecule has 21 heavy (non-hydrogen) atoms. The maximum Gasteiger partial charge on any atom is 0.334 e. The topological polar surface area (TPSA) is 95.9 Å². The molecular weight excluding hydrogens is 276 g/mol. The fourth-order valence-electron chi connectivity index (χ4n) is 2.59. The maximum atomic E-state index is 12.1. The van der Waals surface area contributed by atoms with E-state index < -0.39 is 12.1 Å². The van der Waals surface area contributed by atoms with Crippen molar-refractivity contribution in [1.82, 2.24) is 10.2 Å². The molecule has 1 saturated carbocycles. The van der Waals surface area contributed by atoms with Crippen molar-refractivity contribution in [1.29, 1.82) is 0 Å². The van der Waals surface area contributed by atoms with Crippen LogP contribution < -0.4 is 5.32 Å². The highest BCUT2D eigenvalue weighted by atomic mass is 16.5. The molecule has 2 atom stereocenters. The minimum absolute atomic E-state index is 0.0578. The first kappa shape index (κ1) is 15.8. The van der Waals surface area contributed by atoms with Crippen LogP contribution in [0.3, 0.4) is 0 Å². The van der Waals surface area contributed by atoms with Crippen LogP contribution in [0.4, 0.5) is 0 Å². The van der Waals surface area contributed by atoms with Gasteiger partial charge in [0.2, 0.25) is 11.8 Å². The lowest BCUT2D eigenvalue weighted by molar-refractivity contribution is -0.148. The summed E-state index contributed by atoms with van der Waals surface area (Å²) >= 11 is 0. The number of nitrogens with one attached hydrogen (secondary N) is 1. The van der Waals surface area contributed by atoms with Crippen molar-refractivity contribution in [3.63, 3.8) is 0 Å². The number of carbonyl (C=O) groups is 3. The van der Waals surface area contributed by atoms with Gasteiger partial charge in [0.15, 0.2) is 6.10 Å². The second-order valence-electron chi connectivity index (χ2n) is 5.71. The molecule has 118 valence electrons. The van der Waals surface area contributed by atoms with Crippen LogP contribution in [-0.4, -0.2) is 60.6 Å². The predicted molar refractivity (Wildman–Crippen MR) is 73.5 cm³/mol. The number of hydrogen-bond donors (Lipinski definition) is 2. The van der Waals surface area contributed by atoms with E-state index in [-0.39, 0.29) is 30.2 Å². The van der Waals surface area contributed by atoms with Gasteiger partial charge in [-0.3, -0.25) is 9.59 Å². The third-order valence-corrected chi connectivity index (χ3v) is 4.05. The molecule has 2 aliphatic rings. The third kappa shape index (κ3) is 4.17. The molecule has 2 unspecified atom stereocenters. The molecule has 2 amide bonds. The molecule has 1 aliphatic carbocycles. The van der Waals surface area contributed by atoms with Crippen molar-refractivity contribution >= 4 is 17.8 Å². The van der Waals surface area contributed by atoms with E-state index in [0.29, 0.717) is 6.54 Å². The first-order valence-corrected chi connectivity index (χ1v) is 7.35. The lowest BCUT2D eigenvalue weighted by Crippen LogP contribution is -2.47. The van der Waals surface area contributed by atoms with Crippen LogP contribution in [0.25, 0.3) is 0 Å². The van der Waals surface area contributed by atoms with Gasteiger partial charge in [-0.05, 0) is 25.7 Å². The Morgan fingerprint density at radius 1 is 1.29 bits per heavy atom. The van der Waals surface area contributed by atoms with Gasteiger partial charge in [-0.2, -0.15) is 0 Å². The second-order valence-corrected chi connectivity index (χ2v) is 5.71. The van der Waals surface area contributed by atoms with E-state index in [0.717, 1.165) is 32.2 Å². The maximum absolute atomic E-state index is 12.1. The van der Waals surface area contributed by atoms with Crippen LogP contribution in [0, 0.1) is 11.8 Å². The number of likely N-dealkylation sites (tertiary alicyclic amines) is 1. The third-order valence-electron chi connectivity index (χ3n) is 4.05. The van der Waals surface area contributed by atoms with E-state index in [1.165, 1.54) is 7.11 Å². The SMILES string of the molecule is COC(CNC(=O)C1CCCN(C(=O)C2CC2)C1)C(=O)O. The molecule has 0 spiro atoms. The van der Waals surface area contributed by atoms with Gasteiger partial charge in [-0.25, -0.2) is 4.79 Å². The van der Waals surface area contributed by atoms with E-state index in [1.807, 2.05) is 0 Å². The van der Waals surface area contributed by atoms with Gasteiger partial charge < -0.3 is 20.1 Å². The highest BCUT2D eigenvalue weighted by Crippen LogP contribution is 2.32. The van der Waals surface area contributed by atoms with Gasteiger partial charge in [-0.1, -0.05) is 0 Å². The molecule has 0 aromatic heterocycles. The number of aliphatic carboxylic acids is 1. The van der Waals surface area contributed by atoms with Gasteiger partial charge >= 0.3 is 5.97 Å². The van der Waals surface area contributed by atoms with Crippen molar-refractivity contribution < 1.29 is 24.2 Å². The van der Waals surface area contributed by atoms with Crippen LogP contribution in [0.15, 0.2) is 0 Å². The fraction of sp³-hybridized carbons (Fsp3) is 0.786. The van der Waals surface area contributed by atoms with Gasteiger partial charge in [0.05, 0.1) is 12.5 Å². The fourth-order valence-corrected chi connectivity index (χ4v) is 2.59. The van der Waals surface area contributed by atoms with Crippen molar-refractivity contribution in [2.75, 3.05) is 26.7 Å². The number of rotatable bonds is 6. The molecule has 7 heteroatoms. The summed E-state index contributed by atoms with van der Waals surface area (Å²) in [5, 5.41) is 11.5. The van der Waals surface area contributed by atoms with Crippen LogP contribution in [-0.2, 0) is 19.1 Å². The summed E-state index contributed by atoms with van der Waals surface area (Å²) in [4.78, 5) is 36.7. The summed E-state index contributed by atoms with van der Waals surface area (Å²) in [5.41, 5.74) is 0. The summed E-state index contributed by atoms with van der Waals surface area (Å²) in [6, 6.07) is 0. The number of ether oxygens (including phenoxy) is 1. The zero-order valence-corrected chi connectivity index (χ0v) is 12.2. The van der Waals surface area contributed by atoms with Crippen molar-refractivity contribution in [3.05, 3.63) is 0 Å². The van der Waals surface area contributed by atoms with E-state index in [9.17, 15) is 14.4 Å². The number of amides is 2. The number of carbonyl (C=O) groups excluding carboxylic acids is 2. The number of nitrogens with zero attached hydrogens (tertiary/aromatic N) is 1. The quantitative estimate of drug-likeness (QED) is 0.711. The molecular formula is C14H22N2O5. The average Bonchev–Trinajstić information content (AvgIpc) is 3.31. The normalized spacial score (nSPS) is 23.5. The molecule has 7 nitrogen and oxygen atoms in total. The van der Waals surface area contributed by atoms with Gasteiger partial charge in [0, 0.05) is 26.1 Å². The molecule has 2 N–H and O–H groups in total. The Kier molecular flexibility index (Phi) is 5.17. The zero-order chi connectivity index (χ0) is 15.4. The van der Waals surface area contributed by atoms with Crippen LogP contribution in [0.5, 0.6) is 0 Å². The summed E-state index contributed by atoms with van der Waals surface area (Å²) in [6.45, 7) is 1.10. The molecule has 2 rings (SSSR count). The van der Waals surface area contributed by atoms with E-state index in [2.05, 4.69) is 5.32 Å². The minimum Gasteiger partial charge on any atom is -0.479 e. The van der Waals surface area contributed by atoms with Crippen molar-refractivity contribution in [2.24, 2.45) is 11.8 Å². The number of carboxylic acid groups (broad SMARTS) is 1. The van der Waals surface area contributed by atoms with Gasteiger partial charge in [-0.15, -0.1) is 0 Å². The van der Waals surface area contributed by atoms with Crippen molar-refractivity contribution in [2.45, 2.75) is 31.8 Å². The van der Waals surface area contributed by atoms with Crippen molar-refractivity contribution in [3.8, 4) is 0 Å². The molecule has 1 saturated heterocycles. The Hall–Kier alpha value is -1.63. The molecule has 1 aliphatic heterocycles. The molecule has 2 fully saturated rings. The predicted octanol–water partition coefficient (Wildman–Crippen LogP) is -0.149. The van der Waals surface area contributed by atoms with E-state index in [4.69, 9.17) is 9.84 Å². The Morgan fingerprint density at radius 3 is 2.57 bits per heavy atom. The Labute approximate surface area is 123 Å². The molecule has 1 heterocycles. The largest absolute Gasteiger partial charge is 0.479 e. The lowest BCUT2D eigenvalue weighted by atomic mass is 9.96. The Morgan fingerprint density at radius 2 is 2.00 bits per heavy atom. The summed E-state index contributed by atoms with van der Waals surface area (Å²) < 4.78 is 4.77. The van der Waals surface area contributed by atoms with Gasteiger partial charge in [0.1, 0.15) is 0 Å². The Balaban J connectivity index is 1.81. The standard InChI is InChI=1S/C14H22N2O5/c1-21-11(14(19)20)7-15-12(17)10-3-2-6-16(8-10)13(18)9-4-5-9/h9-11H,2-8H2,1H3,(H,15,17)(H,19,20). The summed E-state index contributed by atoms with van der Waals surface area (Å²) in [5.74, 6) is -1.24. The van der Waals surface area contributed by atoms with Crippen LogP contribution in [0.1, 0.15) is 25.7 Å². The molecule has 0 bridgehead atoms. The first-order valence-electron chi connectivity index (χ1n) is 7.35. The summed E-state index contributed by atoms with van der Waals surface area (Å²) in [7, 11) is 1.29. The van der Waals surface area contributed by atoms with E-state index in [1.54, 1.807) is 4.90 Å². The minimum atomic E-state index is -1.10. The zero-order valence-electron chi connectivity index (χ0n) is 12.2. The van der Waals surface area contributed by atoms with Gasteiger partial charge in [0.25, 0.3) is 0 Å². The average molecular weight is 298 g/mol. The number of hydrogen-bond acceptors (Lipinski definition) is 4. The molecule has 0 aromatic carbocycles. The Bertz CT molecular complexity index is 422. The second kappa shape index (κ2) is 6.89. The monoisotopic (exact) mass is 298 g/mol. The number of piperidine rings is 1. The lowest BCUT2D eigenvalue weighted by Gasteiger charge is -2.32. The first-order chi connectivity index (χ1) is 10.0. The smallest absolute Gasteiger partial charge is 0.334 e. The van der Waals surface area contributed by atoms with Crippen LogP contribution >= 0.6 is 0 Å². The summed E-state index contributed by atoms with van der Waals surface area (Å²) in [6.07, 6.45) is 2.41. The highest BCUT2D eigenvalue weighted by Gasteiger charge is 2.36. The van der Waals surface area contributed by atoms with Crippen LogP contribution in [0.2, 0.25) is 0 Å². The number of carboxylic acids is 1. The highest BCUT2D eigenvalue weighted by molar-refractivity contribution is 5.84. The molecule has 0 radical (unpaired) electrons.